The van der Waals surface area contributed by atoms with Gasteiger partial charge in [0.1, 0.15) is 5.52 Å². The zero-order valence-corrected chi connectivity index (χ0v) is 19.3. The normalized spacial score (nSPS) is 14.7. The molecule has 32 heavy (non-hydrogen) atoms. The molecule has 0 spiro atoms. The van der Waals surface area contributed by atoms with Gasteiger partial charge in [-0.25, -0.2) is 4.98 Å². The first-order valence-electron chi connectivity index (χ1n) is 11.2. The van der Waals surface area contributed by atoms with Gasteiger partial charge in [0.05, 0.1) is 11.3 Å². The predicted octanol–water partition coefficient (Wildman–Crippen LogP) is 4.92. The van der Waals surface area contributed by atoms with Crippen LogP contribution in [-0.2, 0) is 17.9 Å². The maximum Gasteiger partial charge on any atom is 0.233 e. The van der Waals surface area contributed by atoms with Gasteiger partial charge in [0.15, 0.2) is 5.65 Å². The molecule has 4 aromatic rings. The Bertz CT molecular complexity index is 1250. The Hall–Kier alpha value is -2.93. The Balaban J connectivity index is 1.36. The van der Waals surface area contributed by atoms with Crippen LogP contribution in [0, 0.1) is 5.92 Å². The van der Waals surface area contributed by atoms with Gasteiger partial charge in [0, 0.05) is 24.5 Å². The van der Waals surface area contributed by atoms with Gasteiger partial charge >= 0.3 is 0 Å². The van der Waals surface area contributed by atoms with Crippen molar-refractivity contribution in [2.75, 3.05) is 5.75 Å². The van der Waals surface area contributed by atoms with Crippen LogP contribution in [0.3, 0.4) is 0 Å². The number of amides is 1. The van der Waals surface area contributed by atoms with E-state index in [2.05, 4.69) is 52.9 Å². The Kier molecular flexibility index (Phi) is 5.83. The zero-order valence-electron chi connectivity index (χ0n) is 18.4. The highest BCUT2D eigenvalue weighted by Gasteiger charge is 2.34. The summed E-state index contributed by atoms with van der Waals surface area (Å²) in [5.74, 6) is 1.05. The molecule has 0 bridgehead atoms. The van der Waals surface area contributed by atoms with Crippen LogP contribution in [0.4, 0.5) is 0 Å². The molecule has 2 aromatic heterocycles. The van der Waals surface area contributed by atoms with Gasteiger partial charge in [-0.3, -0.25) is 4.79 Å². The summed E-state index contributed by atoms with van der Waals surface area (Å²) in [5, 5.41) is 10.4. The molecule has 0 radical (unpaired) electrons. The number of carbonyl (C=O) groups excluding carboxylic acids is 1. The first-order chi connectivity index (χ1) is 15.7. The fraction of sp³-hybridized carbons (Fsp3) is 0.360. The SMILES string of the molecule is CCn1c2ccccc2c2nnc(SCC(=O)N(Cc3ccccc3)C(C)C3CC3)nc21. The first-order valence-corrected chi connectivity index (χ1v) is 12.2. The summed E-state index contributed by atoms with van der Waals surface area (Å²) in [7, 11) is 0. The second-order valence-electron chi connectivity index (χ2n) is 8.40. The molecule has 0 N–H and O–H groups in total. The lowest BCUT2D eigenvalue weighted by Crippen LogP contribution is -2.40. The average Bonchev–Trinajstić information content (AvgIpc) is 3.63. The topological polar surface area (TPSA) is 63.9 Å². The minimum absolute atomic E-state index is 0.123. The molecule has 6 nitrogen and oxygen atoms in total. The zero-order chi connectivity index (χ0) is 22.1. The molecule has 1 aliphatic carbocycles. The van der Waals surface area contributed by atoms with Crippen LogP contribution in [-0.4, -0.2) is 42.4 Å². The molecule has 164 valence electrons. The number of hydrogen-bond donors (Lipinski definition) is 0. The summed E-state index contributed by atoms with van der Waals surface area (Å²) in [4.78, 5) is 20.0. The third-order valence-corrected chi connectivity index (χ3v) is 7.13. The van der Waals surface area contributed by atoms with Gasteiger partial charge < -0.3 is 9.47 Å². The summed E-state index contributed by atoms with van der Waals surface area (Å²) in [6.07, 6.45) is 2.41. The van der Waals surface area contributed by atoms with Gasteiger partial charge in [-0.1, -0.05) is 60.3 Å². The van der Waals surface area contributed by atoms with Crippen molar-refractivity contribution in [3.8, 4) is 0 Å². The van der Waals surface area contributed by atoms with Crippen molar-refractivity contribution in [3.05, 3.63) is 60.2 Å². The monoisotopic (exact) mass is 445 g/mol. The van der Waals surface area contributed by atoms with Crippen molar-refractivity contribution in [1.82, 2.24) is 24.6 Å². The van der Waals surface area contributed by atoms with E-state index in [0.717, 1.165) is 34.2 Å². The number of thioether (sulfide) groups is 1. The lowest BCUT2D eigenvalue weighted by molar-refractivity contribution is -0.131. The molecular weight excluding hydrogens is 418 g/mol. The fourth-order valence-electron chi connectivity index (χ4n) is 4.35. The van der Waals surface area contributed by atoms with Crippen molar-refractivity contribution >= 4 is 39.7 Å². The molecule has 1 unspecified atom stereocenters. The van der Waals surface area contributed by atoms with Crippen molar-refractivity contribution in [3.63, 3.8) is 0 Å². The van der Waals surface area contributed by atoms with E-state index in [1.165, 1.54) is 24.6 Å². The fourth-order valence-corrected chi connectivity index (χ4v) is 5.02. The van der Waals surface area contributed by atoms with E-state index in [9.17, 15) is 4.79 Å². The van der Waals surface area contributed by atoms with Crippen LogP contribution in [0.25, 0.3) is 22.1 Å². The number of nitrogens with zero attached hydrogens (tertiary/aromatic N) is 5. The molecule has 1 saturated carbocycles. The summed E-state index contributed by atoms with van der Waals surface area (Å²) in [6, 6.07) is 18.6. The third kappa shape index (κ3) is 4.09. The quantitative estimate of drug-likeness (QED) is 0.360. The number of aromatic nitrogens is 4. The minimum atomic E-state index is 0.123. The van der Waals surface area contributed by atoms with Crippen molar-refractivity contribution in [2.24, 2.45) is 5.92 Å². The van der Waals surface area contributed by atoms with E-state index in [-0.39, 0.29) is 11.9 Å². The first kappa shape index (κ1) is 20.9. The lowest BCUT2D eigenvalue weighted by atomic mass is 10.1. The second-order valence-corrected chi connectivity index (χ2v) is 9.34. The summed E-state index contributed by atoms with van der Waals surface area (Å²) < 4.78 is 2.15. The van der Waals surface area contributed by atoms with Crippen LogP contribution >= 0.6 is 11.8 Å². The standard InChI is InChI=1S/C25H27N5OS/c1-3-29-21-12-8-7-11-20(21)23-24(29)26-25(28-27-23)32-16-22(31)30(17(2)19-13-14-19)15-18-9-5-4-6-10-18/h4-12,17,19H,3,13-16H2,1-2H3. The van der Waals surface area contributed by atoms with Crippen LogP contribution < -0.4 is 0 Å². The lowest BCUT2D eigenvalue weighted by Gasteiger charge is -2.29. The number of hydrogen-bond acceptors (Lipinski definition) is 5. The molecule has 5 rings (SSSR count). The number of fused-ring (bicyclic) bond motifs is 3. The molecule has 1 atom stereocenters. The van der Waals surface area contributed by atoms with Gasteiger partial charge in [0.25, 0.3) is 0 Å². The Morgan fingerprint density at radius 3 is 2.62 bits per heavy atom. The molecule has 0 aliphatic heterocycles. The molecule has 7 heteroatoms. The highest BCUT2D eigenvalue weighted by Crippen LogP contribution is 2.36. The van der Waals surface area contributed by atoms with E-state index in [0.29, 0.717) is 23.4 Å². The Morgan fingerprint density at radius 2 is 1.88 bits per heavy atom. The van der Waals surface area contributed by atoms with Crippen LogP contribution in [0.5, 0.6) is 0 Å². The molecule has 0 saturated heterocycles. The van der Waals surface area contributed by atoms with Crippen LogP contribution in [0.15, 0.2) is 59.8 Å². The summed E-state index contributed by atoms with van der Waals surface area (Å²) in [6.45, 7) is 5.72. The third-order valence-electron chi connectivity index (χ3n) is 6.31. The van der Waals surface area contributed by atoms with E-state index in [1.54, 1.807) is 0 Å². The van der Waals surface area contributed by atoms with Crippen molar-refractivity contribution in [2.45, 2.75) is 51.0 Å². The van der Waals surface area contributed by atoms with Gasteiger partial charge in [-0.15, -0.1) is 10.2 Å². The minimum Gasteiger partial charge on any atom is -0.335 e. The molecule has 1 amide bonds. The van der Waals surface area contributed by atoms with E-state index in [4.69, 9.17) is 4.98 Å². The number of para-hydroxylation sites is 1. The van der Waals surface area contributed by atoms with Crippen molar-refractivity contribution in [1.29, 1.82) is 0 Å². The maximum absolute atomic E-state index is 13.2. The average molecular weight is 446 g/mol. The molecule has 1 aliphatic rings. The Morgan fingerprint density at radius 1 is 1.12 bits per heavy atom. The van der Waals surface area contributed by atoms with E-state index >= 15 is 0 Å². The van der Waals surface area contributed by atoms with Gasteiger partial charge in [-0.2, -0.15) is 0 Å². The van der Waals surface area contributed by atoms with Gasteiger partial charge in [0.2, 0.25) is 11.1 Å². The van der Waals surface area contributed by atoms with Crippen molar-refractivity contribution < 1.29 is 4.79 Å². The summed E-state index contributed by atoms with van der Waals surface area (Å²) >= 11 is 1.37. The highest BCUT2D eigenvalue weighted by molar-refractivity contribution is 7.99. The predicted molar refractivity (Wildman–Crippen MR) is 128 cm³/mol. The molecule has 2 heterocycles. The number of benzene rings is 2. The summed E-state index contributed by atoms with van der Waals surface area (Å²) in [5.41, 5.74) is 3.90. The molecule has 2 aromatic carbocycles. The maximum atomic E-state index is 13.2. The number of carbonyl (C=O) groups is 1. The molecular formula is C25H27N5OS. The largest absolute Gasteiger partial charge is 0.335 e. The molecule has 1 fully saturated rings. The second kappa shape index (κ2) is 8.90. The number of aryl methyl sites for hydroxylation is 1. The number of rotatable bonds is 8. The van der Waals surface area contributed by atoms with E-state index in [1.807, 2.05) is 35.2 Å². The van der Waals surface area contributed by atoms with E-state index < -0.39 is 0 Å². The Labute approximate surface area is 192 Å². The smallest absolute Gasteiger partial charge is 0.233 e. The van der Waals surface area contributed by atoms with Gasteiger partial charge in [-0.05, 0) is 44.2 Å². The van der Waals surface area contributed by atoms with Crippen LogP contribution in [0.1, 0.15) is 32.3 Å². The highest BCUT2D eigenvalue weighted by atomic mass is 32.2. The van der Waals surface area contributed by atoms with Crippen LogP contribution in [0.2, 0.25) is 0 Å².